The van der Waals surface area contributed by atoms with Crippen LogP contribution in [0.4, 0.5) is 11.4 Å². The number of rotatable bonds is 5. The van der Waals surface area contributed by atoms with Crippen molar-refractivity contribution in [2.45, 2.75) is 6.42 Å². The molecule has 3 aromatic rings. The van der Waals surface area contributed by atoms with Gasteiger partial charge >= 0.3 is 0 Å². The van der Waals surface area contributed by atoms with E-state index >= 15 is 0 Å². The van der Waals surface area contributed by atoms with Crippen LogP contribution in [0.5, 0.6) is 0 Å². The highest BCUT2D eigenvalue weighted by Gasteiger charge is 2.23. The van der Waals surface area contributed by atoms with E-state index in [0.717, 1.165) is 11.3 Å². The number of benzene rings is 3. The van der Waals surface area contributed by atoms with Crippen LogP contribution in [0.1, 0.15) is 15.9 Å². The Hall–Kier alpha value is -3.13. The fraction of sp³-hybridized carbons (Fsp3) is 0.192. The molecular formula is C26H24Cl2N4O2S. The first-order valence-corrected chi connectivity index (χ1v) is 12.3. The number of nitrogens with one attached hydrogen (secondary N) is 2. The van der Waals surface area contributed by atoms with Crippen LogP contribution in [-0.2, 0) is 11.2 Å². The minimum absolute atomic E-state index is 0.0440. The summed E-state index contributed by atoms with van der Waals surface area (Å²) in [5.41, 5.74) is 3.11. The van der Waals surface area contributed by atoms with Gasteiger partial charge in [0, 0.05) is 42.5 Å². The molecule has 2 N–H and O–H groups in total. The number of nitrogens with zero attached hydrogens (tertiary/aromatic N) is 2. The van der Waals surface area contributed by atoms with Gasteiger partial charge in [-0.15, -0.1) is 0 Å². The van der Waals surface area contributed by atoms with E-state index in [1.807, 2.05) is 47.4 Å². The molecule has 0 aliphatic carbocycles. The number of halogens is 2. The van der Waals surface area contributed by atoms with E-state index in [1.54, 1.807) is 30.3 Å². The van der Waals surface area contributed by atoms with Crippen molar-refractivity contribution < 1.29 is 9.59 Å². The molecule has 0 atom stereocenters. The summed E-state index contributed by atoms with van der Waals surface area (Å²) in [5, 5.41) is 7.05. The third-order valence-corrected chi connectivity index (χ3v) is 6.42. The fourth-order valence-electron chi connectivity index (χ4n) is 3.88. The standard InChI is InChI=1S/C26H24Cl2N4O2S/c27-20-8-6-18(7-9-20)16-24(33)30-26(35)29-21-10-11-23(22(28)17-21)31-12-14-32(15-13-31)25(34)19-4-2-1-3-5-19/h1-11,17H,12-16H2,(H2,29,30,33,35). The average molecular weight is 527 g/mol. The van der Waals surface area contributed by atoms with Gasteiger partial charge in [0.05, 0.1) is 17.1 Å². The van der Waals surface area contributed by atoms with Gasteiger partial charge in [0.15, 0.2) is 5.11 Å². The molecule has 6 nitrogen and oxygen atoms in total. The van der Waals surface area contributed by atoms with Crippen LogP contribution in [0.2, 0.25) is 10.0 Å². The Labute approximate surface area is 219 Å². The van der Waals surface area contributed by atoms with Gasteiger partial charge in [0.25, 0.3) is 5.91 Å². The molecular weight excluding hydrogens is 503 g/mol. The zero-order chi connectivity index (χ0) is 24.8. The normalized spacial score (nSPS) is 13.3. The molecule has 2 amide bonds. The van der Waals surface area contributed by atoms with Gasteiger partial charge in [-0.25, -0.2) is 0 Å². The summed E-state index contributed by atoms with van der Waals surface area (Å²) in [6.45, 7) is 2.61. The summed E-state index contributed by atoms with van der Waals surface area (Å²) in [5.74, 6) is -0.182. The van der Waals surface area contributed by atoms with Crippen molar-refractivity contribution in [2.75, 3.05) is 36.4 Å². The molecule has 1 aliphatic rings. The van der Waals surface area contributed by atoms with Gasteiger partial charge in [-0.1, -0.05) is 53.5 Å². The lowest BCUT2D eigenvalue weighted by atomic mass is 10.1. The maximum absolute atomic E-state index is 12.7. The first-order chi connectivity index (χ1) is 16.9. The third-order valence-electron chi connectivity index (χ3n) is 5.66. The molecule has 180 valence electrons. The smallest absolute Gasteiger partial charge is 0.253 e. The van der Waals surface area contributed by atoms with Gasteiger partial charge in [0.2, 0.25) is 5.91 Å². The highest BCUT2D eigenvalue weighted by atomic mass is 35.5. The molecule has 3 aromatic carbocycles. The minimum atomic E-state index is -0.226. The van der Waals surface area contributed by atoms with Crippen molar-refractivity contribution in [3.63, 3.8) is 0 Å². The van der Waals surface area contributed by atoms with E-state index < -0.39 is 0 Å². The summed E-state index contributed by atoms with van der Waals surface area (Å²) in [6, 6.07) is 21.9. The van der Waals surface area contributed by atoms with Gasteiger partial charge in [-0.3, -0.25) is 9.59 Å². The quantitative estimate of drug-likeness (QED) is 0.457. The van der Waals surface area contributed by atoms with Crippen molar-refractivity contribution in [1.82, 2.24) is 10.2 Å². The SMILES string of the molecule is O=C(Cc1ccc(Cl)cc1)NC(=S)Nc1ccc(N2CCN(C(=O)c3ccccc3)CC2)c(Cl)c1. The predicted molar refractivity (Wildman–Crippen MR) is 146 cm³/mol. The Bertz CT molecular complexity index is 1210. The molecule has 9 heteroatoms. The van der Waals surface area contributed by atoms with Crippen molar-refractivity contribution in [3.8, 4) is 0 Å². The molecule has 0 bridgehead atoms. The number of amides is 2. The monoisotopic (exact) mass is 526 g/mol. The van der Waals surface area contributed by atoms with Crippen molar-refractivity contribution >= 4 is 63.7 Å². The van der Waals surface area contributed by atoms with E-state index in [-0.39, 0.29) is 23.3 Å². The number of anilines is 2. The van der Waals surface area contributed by atoms with Crippen LogP contribution >= 0.6 is 35.4 Å². The molecule has 0 unspecified atom stereocenters. The largest absolute Gasteiger partial charge is 0.367 e. The topological polar surface area (TPSA) is 64.7 Å². The third kappa shape index (κ3) is 6.72. The highest BCUT2D eigenvalue weighted by molar-refractivity contribution is 7.80. The zero-order valence-electron chi connectivity index (χ0n) is 18.8. The number of hydrogen-bond donors (Lipinski definition) is 2. The summed E-state index contributed by atoms with van der Waals surface area (Å²) < 4.78 is 0. The Morgan fingerprint density at radius 1 is 0.886 bits per heavy atom. The zero-order valence-corrected chi connectivity index (χ0v) is 21.2. The Balaban J connectivity index is 1.29. The maximum atomic E-state index is 12.7. The van der Waals surface area contributed by atoms with Crippen molar-refractivity contribution in [2.24, 2.45) is 0 Å². The molecule has 1 saturated heterocycles. The number of thiocarbonyl (C=S) groups is 1. The Morgan fingerprint density at radius 3 is 2.23 bits per heavy atom. The molecule has 1 fully saturated rings. The van der Waals surface area contributed by atoms with Crippen LogP contribution < -0.4 is 15.5 Å². The van der Waals surface area contributed by atoms with Crippen LogP contribution in [0, 0.1) is 0 Å². The average Bonchev–Trinajstić information content (AvgIpc) is 2.86. The Kier molecular flexibility index (Phi) is 8.23. The second-order valence-electron chi connectivity index (χ2n) is 8.12. The number of carbonyl (C=O) groups is 2. The molecule has 4 rings (SSSR count). The van der Waals surface area contributed by atoms with E-state index in [2.05, 4.69) is 15.5 Å². The molecule has 0 spiro atoms. The second-order valence-corrected chi connectivity index (χ2v) is 9.37. The summed E-state index contributed by atoms with van der Waals surface area (Å²) in [6.07, 6.45) is 0.192. The van der Waals surface area contributed by atoms with Crippen LogP contribution in [0.25, 0.3) is 0 Å². The second kappa shape index (κ2) is 11.5. The van der Waals surface area contributed by atoms with Gasteiger partial charge < -0.3 is 20.4 Å². The van der Waals surface area contributed by atoms with E-state index in [1.165, 1.54) is 0 Å². The number of hydrogen-bond acceptors (Lipinski definition) is 4. The predicted octanol–water partition coefficient (Wildman–Crippen LogP) is 5.01. The van der Waals surface area contributed by atoms with Crippen LogP contribution in [0.3, 0.4) is 0 Å². The maximum Gasteiger partial charge on any atom is 0.253 e. The minimum Gasteiger partial charge on any atom is -0.367 e. The summed E-state index contributed by atoms with van der Waals surface area (Å²) >= 11 is 17.7. The van der Waals surface area contributed by atoms with Crippen LogP contribution in [-0.4, -0.2) is 48.0 Å². The highest BCUT2D eigenvalue weighted by Crippen LogP contribution is 2.30. The Morgan fingerprint density at radius 2 is 1.57 bits per heavy atom. The lowest BCUT2D eigenvalue weighted by molar-refractivity contribution is -0.119. The van der Waals surface area contributed by atoms with Gasteiger partial charge in [-0.05, 0) is 60.2 Å². The first-order valence-electron chi connectivity index (χ1n) is 11.1. The summed E-state index contributed by atoms with van der Waals surface area (Å²) in [7, 11) is 0. The lowest BCUT2D eigenvalue weighted by Crippen LogP contribution is -2.48. The van der Waals surface area contributed by atoms with Gasteiger partial charge in [-0.2, -0.15) is 0 Å². The van der Waals surface area contributed by atoms with Crippen molar-refractivity contribution in [1.29, 1.82) is 0 Å². The summed E-state index contributed by atoms with van der Waals surface area (Å²) in [4.78, 5) is 29.0. The van der Waals surface area contributed by atoms with E-state index in [0.29, 0.717) is 47.5 Å². The number of carbonyl (C=O) groups excluding carboxylic acids is 2. The lowest BCUT2D eigenvalue weighted by Gasteiger charge is -2.36. The van der Waals surface area contributed by atoms with E-state index in [4.69, 9.17) is 35.4 Å². The fourth-order valence-corrected chi connectivity index (χ4v) is 4.53. The molecule has 0 saturated carbocycles. The molecule has 1 aliphatic heterocycles. The first kappa shape index (κ1) is 25.0. The van der Waals surface area contributed by atoms with Crippen LogP contribution in [0.15, 0.2) is 72.8 Å². The molecule has 0 aromatic heterocycles. The van der Waals surface area contributed by atoms with Crippen molar-refractivity contribution in [3.05, 3.63) is 94.0 Å². The molecule has 35 heavy (non-hydrogen) atoms. The van der Waals surface area contributed by atoms with E-state index in [9.17, 15) is 9.59 Å². The molecule has 0 radical (unpaired) electrons. The van der Waals surface area contributed by atoms with Gasteiger partial charge in [0.1, 0.15) is 0 Å². The molecule has 1 heterocycles. The number of piperazine rings is 1.